The number of anilines is 3. The summed E-state index contributed by atoms with van der Waals surface area (Å²) in [6, 6.07) is 79.0. The maximum atomic E-state index is 7.01. The first kappa shape index (κ1) is 36.1. The number of hydrogen-bond acceptors (Lipinski definition) is 4. The Labute approximate surface area is 368 Å². The van der Waals surface area contributed by atoms with E-state index in [1.54, 1.807) is 0 Å². The van der Waals surface area contributed by atoms with Gasteiger partial charge in [0.2, 0.25) is 0 Å². The van der Waals surface area contributed by atoms with Gasteiger partial charge < -0.3 is 18.2 Å². The molecule has 0 atom stereocenters. The first-order chi connectivity index (χ1) is 31.7. The molecule has 0 bridgehead atoms. The zero-order valence-electron chi connectivity index (χ0n) is 34.5. The van der Waals surface area contributed by atoms with Gasteiger partial charge in [-0.3, -0.25) is 0 Å². The fourth-order valence-electron chi connectivity index (χ4n) is 9.68. The Hall–Kier alpha value is -8.60. The number of fused-ring (bicyclic) bond motifs is 9. The molecule has 4 nitrogen and oxygen atoms in total. The minimum Gasteiger partial charge on any atom is -0.456 e. The van der Waals surface area contributed by atoms with E-state index in [0.29, 0.717) is 0 Å². The predicted molar refractivity (Wildman–Crippen MR) is 265 cm³/mol. The molecule has 13 aromatic rings. The Balaban J connectivity index is 1.03. The van der Waals surface area contributed by atoms with Gasteiger partial charge in [0.25, 0.3) is 0 Å². The van der Waals surface area contributed by atoms with E-state index in [1.807, 2.05) is 24.3 Å². The smallest absolute Gasteiger partial charge is 0.160 e. The number of benzene rings is 10. The molecule has 0 spiro atoms. The summed E-state index contributed by atoms with van der Waals surface area (Å²) in [5.74, 6) is 0. The normalized spacial score (nSPS) is 11.8. The molecule has 3 aromatic heterocycles. The van der Waals surface area contributed by atoms with E-state index in [1.165, 1.54) is 11.1 Å². The molecule has 64 heavy (non-hydrogen) atoms. The Morgan fingerprint density at radius 1 is 0.266 bits per heavy atom. The minimum absolute atomic E-state index is 0.795. The first-order valence-electron chi connectivity index (χ1n) is 21.7. The van der Waals surface area contributed by atoms with Crippen LogP contribution in [-0.4, -0.2) is 0 Å². The average Bonchev–Trinajstić information content (AvgIpc) is 4.07. The molecule has 0 saturated carbocycles. The van der Waals surface area contributed by atoms with Crippen LogP contribution < -0.4 is 4.90 Å². The third kappa shape index (κ3) is 5.77. The summed E-state index contributed by atoms with van der Waals surface area (Å²) in [6.45, 7) is 0. The highest BCUT2D eigenvalue weighted by molar-refractivity contribution is 6.22. The van der Waals surface area contributed by atoms with Crippen molar-refractivity contribution in [1.82, 2.24) is 0 Å². The molecule has 0 N–H and O–H groups in total. The van der Waals surface area contributed by atoms with Crippen LogP contribution in [0.5, 0.6) is 0 Å². The van der Waals surface area contributed by atoms with Crippen LogP contribution in [0, 0.1) is 0 Å². The molecule has 300 valence electrons. The van der Waals surface area contributed by atoms with Gasteiger partial charge in [-0.1, -0.05) is 158 Å². The van der Waals surface area contributed by atoms with E-state index in [2.05, 4.69) is 205 Å². The van der Waals surface area contributed by atoms with Gasteiger partial charge in [0, 0.05) is 49.3 Å². The van der Waals surface area contributed by atoms with Crippen LogP contribution in [0.2, 0.25) is 0 Å². The van der Waals surface area contributed by atoms with Crippen LogP contribution in [0.1, 0.15) is 0 Å². The summed E-state index contributed by atoms with van der Waals surface area (Å²) < 4.78 is 20.2. The van der Waals surface area contributed by atoms with Gasteiger partial charge in [-0.25, -0.2) is 0 Å². The van der Waals surface area contributed by atoms with Crippen LogP contribution in [0.25, 0.3) is 110 Å². The predicted octanol–water partition coefficient (Wildman–Crippen LogP) is 17.5. The second-order valence-corrected chi connectivity index (χ2v) is 16.4. The fraction of sp³-hybridized carbons (Fsp3) is 0. The molecule has 13 rings (SSSR count). The topological polar surface area (TPSA) is 42.7 Å². The second-order valence-electron chi connectivity index (χ2n) is 16.4. The van der Waals surface area contributed by atoms with Crippen LogP contribution in [0.15, 0.2) is 238 Å². The summed E-state index contributed by atoms with van der Waals surface area (Å²) in [5, 5.41) is 6.41. The Kier molecular flexibility index (Phi) is 8.18. The number of furan rings is 3. The van der Waals surface area contributed by atoms with Gasteiger partial charge in [0.1, 0.15) is 27.9 Å². The lowest BCUT2D eigenvalue weighted by atomic mass is 9.92. The van der Waals surface area contributed by atoms with Crippen molar-refractivity contribution < 1.29 is 13.3 Å². The van der Waals surface area contributed by atoms with Crippen LogP contribution in [0.4, 0.5) is 17.1 Å². The van der Waals surface area contributed by atoms with Crippen molar-refractivity contribution >= 4 is 82.9 Å². The lowest BCUT2D eigenvalue weighted by Gasteiger charge is -2.26. The van der Waals surface area contributed by atoms with Gasteiger partial charge in [0.05, 0.1) is 5.69 Å². The summed E-state index contributed by atoms with van der Waals surface area (Å²) in [7, 11) is 0. The number of rotatable bonds is 7. The summed E-state index contributed by atoms with van der Waals surface area (Å²) in [6.07, 6.45) is 0. The minimum atomic E-state index is 0.795. The van der Waals surface area contributed by atoms with Gasteiger partial charge in [-0.15, -0.1) is 0 Å². The third-order valence-corrected chi connectivity index (χ3v) is 12.7. The van der Waals surface area contributed by atoms with Gasteiger partial charge in [0.15, 0.2) is 5.58 Å². The molecule has 0 fully saturated rings. The molecule has 0 unspecified atom stereocenters. The van der Waals surface area contributed by atoms with E-state index in [9.17, 15) is 0 Å². The molecule has 0 saturated heterocycles. The summed E-state index contributed by atoms with van der Waals surface area (Å²) >= 11 is 0. The summed E-state index contributed by atoms with van der Waals surface area (Å²) in [5.41, 5.74) is 16.9. The number of hydrogen-bond donors (Lipinski definition) is 0. The lowest BCUT2D eigenvalue weighted by molar-refractivity contribution is 0.668. The van der Waals surface area contributed by atoms with Crippen molar-refractivity contribution in [1.29, 1.82) is 0 Å². The van der Waals surface area contributed by atoms with Crippen molar-refractivity contribution in [2.75, 3.05) is 4.90 Å². The highest BCUT2D eigenvalue weighted by atomic mass is 16.3. The zero-order chi connectivity index (χ0) is 42.1. The SMILES string of the molecule is c1ccc(-c2ccc(N(c3ccc(-c4ccccc4)cc3)c3ccc(-c4ccc(-c5ccc6oc7ccccc7c6c5)c5c4oc4ccccc45)c4c3oc3ccccc34)cc2)cc1. The molecular formula is C60H37NO3. The Bertz CT molecular complexity index is 3790. The van der Waals surface area contributed by atoms with Crippen molar-refractivity contribution in [3.8, 4) is 44.5 Å². The average molecular weight is 820 g/mol. The molecular weight excluding hydrogens is 783 g/mol. The van der Waals surface area contributed by atoms with E-state index in [0.717, 1.165) is 116 Å². The van der Waals surface area contributed by atoms with Gasteiger partial charge >= 0.3 is 0 Å². The van der Waals surface area contributed by atoms with E-state index in [4.69, 9.17) is 13.3 Å². The largest absolute Gasteiger partial charge is 0.456 e. The molecule has 0 aliphatic heterocycles. The highest BCUT2D eigenvalue weighted by Gasteiger charge is 2.25. The van der Waals surface area contributed by atoms with Crippen LogP contribution in [-0.2, 0) is 0 Å². The standard InChI is InChI=1S/C60H37NO3/c1-3-13-38(14-4-1)40-23-28-43(29-24-40)61(44-30-25-41(26-31-44)39-15-5-2-6-16-39)52-35-34-47(58-50-19-9-12-22-55(50)64-60(52)58)48-33-32-45(57-49-18-8-11-21-54(49)63-59(48)57)42-27-36-56-51(37-42)46-17-7-10-20-53(46)62-56/h1-37H. The number of para-hydroxylation sites is 3. The van der Waals surface area contributed by atoms with Gasteiger partial charge in [-0.2, -0.15) is 0 Å². The van der Waals surface area contributed by atoms with Gasteiger partial charge in [-0.05, 0) is 106 Å². The fourth-order valence-corrected chi connectivity index (χ4v) is 9.68. The maximum Gasteiger partial charge on any atom is 0.160 e. The molecule has 0 aliphatic rings. The van der Waals surface area contributed by atoms with E-state index in [-0.39, 0.29) is 0 Å². The second kappa shape index (κ2) is 14.5. The van der Waals surface area contributed by atoms with Crippen molar-refractivity contribution in [2.24, 2.45) is 0 Å². The third-order valence-electron chi connectivity index (χ3n) is 12.7. The molecule has 0 radical (unpaired) electrons. The van der Waals surface area contributed by atoms with Crippen LogP contribution >= 0.6 is 0 Å². The number of nitrogens with zero attached hydrogens (tertiary/aromatic N) is 1. The highest BCUT2D eigenvalue weighted by Crippen LogP contribution is 2.49. The molecule has 10 aromatic carbocycles. The summed E-state index contributed by atoms with van der Waals surface area (Å²) in [4.78, 5) is 2.31. The van der Waals surface area contributed by atoms with E-state index < -0.39 is 0 Å². The van der Waals surface area contributed by atoms with Crippen molar-refractivity contribution in [3.63, 3.8) is 0 Å². The maximum absolute atomic E-state index is 7.01. The van der Waals surface area contributed by atoms with Crippen molar-refractivity contribution in [2.45, 2.75) is 0 Å². The zero-order valence-corrected chi connectivity index (χ0v) is 34.5. The Morgan fingerprint density at radius 2 is 0.703 bits per heavy atom. The first-order valence-corrected chi connectivity index (χ1v) is 21.7. The van der Waals surface area contributed by atoms with Crippen LogP contribution in [0.3, 0.4) is 0 Å². The molecule has 0 amide bonds. The molecule has 3 heterocycles. The van der Waals surface area contributed by atoms with Crippen molar-refractivity contribution in [3.05, 3.63) is 224 Å². The molecule has 4 heteroatoms. The lowest BCUT2D eigenvalue weighted by Crippen LogP contribution is -2.10. The van der Waals surface area contributed by atoms with E-state index >= 15 is 0 Å². The molecule has 0 aliphatic carbocycles. The quantitative estimate of drug-likeness (QED) is 0.161. The Morgan fingerprint density at radius 3 is 1.31 bits per heavy atom. The monoisotopic (exact) mass is 819 g/mol.